The molecule has 0 unspecified atom stereocenters. The van der Waals surface area contributed by atoms with Gasteiger partial charge in [0.25, 0.3) is 5.91 Å². The summed E-state index contributed by atoms with van der Waals surface area (Å²) in [6, 6.07) is 3.16. The molecule has 21 heavy (non-hydrogen) atoms. The van der Waals surface area contributed by atoms with Crippen LogP contribution in [0.25, 0.3) is 0 Å². The molecule has 0 atom stereocenters. The molecule has 1 aliphatic carbocycles. The molecule has 0 saturated carbocycles. The SMILES string of the molecule is O=C(NCCC1=CCCCC1)c1ccc([N+](=O)[O-])c(F)c1. The highest BCUT2D eigenvalue weighted by Gasteiger charge is 2.16. The quantitative estimate of drug-likeness (QED) is 0.514. The minimum atomic E-state index is -0.998. The minimum Gasteiger partial charge on any atom is -0.352 e. The summed E-state index contributed by atoms with van der Waals surface area (Å²) < 4.78 is 13.4. The Kier molecular flexibility index (Phi) is 5.03. The van der Waals surface area contributed by atoms with E-state index in [1.165, 1.54) is 24.5 Å². The molecule has 1 aliphatic rings. The summed E-state index contributed by atoms with van der Waals surface area (Å²) in [4.78, 5) is 21.5. The standard InChI is InChI=1S/C15H17FN2O3/c16-13-10-12(6-7-14(13)18(20)21)15(19)17-9-8-11-4-2-1-3-5-11/h4,6-7,10H,1-3,5,8-9H2,(H,17,19). The number of benzene rings is 1. The van der Waals surface area contributed by atoms with E-state index in [2.05, 4.69) is 11.4 Å². The monoisotopic (exact) mass is 292 g/mol. The van der Waals surface area contributed by atoms with Crippen molar-refractivity contribution in [3.8, 4) is 0 Å². The van der Waals surface area contributed by atoms with Crippen LogP contribution in [0.4, 0.5) is 10.1 Å². The summed E-state index contributed by atoms with van der Waals surface area (Å²) >= 11 is 0. The van der Waals surface area contributed by atoms with Crippen molar-refractivity contribution in [2.75, 3.05) is 6.54 Å². The number of halogens is 1. The first-order valence-electron chi connectivity index (χ1n) is 6.98. The highest BCUT2D eigenvalue weighted by molar-refractivity contribution is 5.94. The average molecular weight is 292 g/mol. The van der Waals surface area contributed by atoms with Gasteiger partial charge in [-0.1, -0.05) is 11.6 Å². The van der Waals surface area contributed by atoms with Crippen molar-refractivity contribution in [3.05, 3.63) is 51.3 Å². The van der Waals surface area contributed by atoms with Crippen molar-refractivity contribution in [1.82, 2.24) is 5.32 Å². The third-order valence-corrected chi connectivity index (χ3v) is 3.52. The zero-order valence-electron chi connectivity index (χ0n) is 11.6. The van der Waals surface area contributed by atoms with Gasteiger partial charge in [-0.05, 0) is 44.2 Å². The fourth-order valence-electron chi connectivity index (χ4n) is 2.37. The summed E-state index contributed by atoms with van der Waals surface area (Å²) in [5.41, 5.74) is 0.811. The van der Waals surface area contributed by atoms with Crippen molar-refractivity contribution >= 4 is 11.6 Å². The molecule has 0 radical (unpaired) electrons. The number of hydrogen-bond donors (Lipinski definition) is 1. The Morgan fingerprint density at radius 2 is 2.19 bits per heavy atom. The van der Waals surface area contributed by atoms with Gasteiger partial charge in [0, 0.05) is 18.2 Å². The fraction of sp³-hybridized carbons (Fsp3) is 0.400. The average Bonchev–Trinajstić information content (AvgIpc) is 2.47. The predicted octanol–water partition coefficient (Wildman–Crippen LogP) is 3.35. The van der Waals surface area contributed by atoms with E-state index in [0.717, 1.165) is 31.4 Å². The lowest BCUT2D eigenvalue weighted by Crippen LogP contribution is -2.25. The summed E-state index contributed by atoms with van der Waals surface area (Å²) in [7, 11) is 0. The summed E-state index contributed by atoms with van der Waals surface area (Å²) in [5, 5.41) is 13.2. The fourth-order valence-corrected chi connectivity index (χ4v) is 2.37. The van der Waals surface area contributed by atoms with Crippen molar-refractivity contribution in [2.45, 2.75) is 32.1 Å². The smallest absolute Gasteiger partial charge is 0.304 e. The van der Waals surface area contributed by atoms with Crippen LogP contribution in [-0.4, -0.2) is 17.4 Å². The molecule has 1 aromatic rings. The van der Waals surface area contributed by atoms with Crippen molar-refractivity contribution in [2.24, 2.45) is 0 Å². The molecule has 0 heterocycles. The van der Waals surface area contributed by atoms with E-state index >= 15 is 0 Å². The number of carbonyl (C=O) groups is 1. The van der Waals surface area contributed by atoms with Crippen LogP contribution >= 0.6 is 0 Å². The molecule has 112 valence electrons. The second kappa shape index (κ2) is 6.97. The number of amides is 1. The Morgan fingerprint density at radius 3 is 2.81 bits per heavy atom. The molecule has 0 spiro atoms. The lowest BCUT2D eigenvalue weighted by Gasteiger charge is -2.13. The molecule has 5 nitrogen and oxygen atoms in total. The van der Waals surface area contributed by atoms with Crippen LogP contribution < -0.4 is 5.32 Å². The van der Waals surface area contributed by atoms with E-state index in [0.29, 0.717) is 6.54 Å². The van der Waals surface area contributed by atoms with Gasteiger partial charge in [-0.15, -0.1) is 0 Å². The number of nitrogens with one attached hydrogen (secondary N) is 1. The Hall–Kier alpha value is -2.24. The number of allylic oxidation sites excluding steroid dienone is 1. The first kappa shape index (κ1) is 15.2. The van der Waals surface area contributed by atoms with Gasteiger partial charge >= 0.3 is 5.69 Å². The van der Waals surface area contributed by atoms with Crippen molar-refractivity contribution < 1.29 is 14.1 Å². The Labute approximate surface area is 122 Å². The first-order valence-corrected chi connectivity index (χ1v) is 6.98. The molecular weight excluding hydrogens is 275 g/mol. The third kappa shape index (κ3) is 4.11. The molecule has 0 aromatic heterocycles. The molecule has 1 aromatic carbocycles. The zero-order valence-corrected chi connectivity index (χ0v) is 11.6. The maximum Gasteiger partial charge on any atom is 0.304 e. The second-order valence-corrected chi connectivity index (χ2v) is 5.04. The van der Waals surface area contributed by atoms with Crippen LogP contribution in [0.3, 0.4) is 0 Å². The second-order valence-electron chi connectivity index (χ2n) is 5.04. The van der Waals surface area contributed by atoms with E-state index in [9.17, 15) is 19.3 Å². The van der Waals surface area contributed by atoms with Crippen molar-refractivity contribution in [1.29, 1.82) is 0 Å². The van der Waals surface area contributed by atoms with Crippen LogP contribution in [0.2, 0.25) is 0 Å². The van der Waals surface area contributed by atoms with E-state index in [-0.39, 0.29) is 5.56 Å². The van der Waals surface area contributed by atoms with Gasteiger partial charge in [0.1, 0.15) is 0 Å². The molecule has 0 aliphatic heterocycles. The Balaban J connectivity index is 1.89. The lowest BCUT2D eigenvalue weighted by molar-refractivity contribution is -0.387. The molecule has 0 fully saturated rings. The largest absolute Gasteiger partial charge is 0.352 e. The third-order valence-electron chi connectivity index (χ3n) is 3.52. The van der Waals surface area contributed by atoms with E-state index in [1.807, 2.05) is 0 Å². The van der Waals surface area contributed by atoms with Gasteiger partial charge in [0.05, 0.1) is 4.92 Å². The molecule has 2 rings (SSSR count). The van der Waals surface area contributed by atoms with Crippen LogP contribution in [0.15, 0.2) is 29.8 Å². The predicted molar refractivity (Wildman–Crippen MR) is 76.6 cm³/mol. The van der Waals surface area contributed by atoms with Crippen molar-refractivity contribution in [3.63, 3.8) is 0 Å². The molecule has 6 heteroatoms. The summed E-state index contributed by atoms with van der Waals surface area (Å²) in [6.07, 6.45) is 7.58. The maximum atomic E-state index is 13.4. The molecule has 1 amide bonds. The minimum absolute atomic E-state index is 0.0933. The maximum absolute atomic E-state index is 13.4. The number of rotatable bonds is 5. The lowest BCUT2D eigenvalue weighted by atomic mass is 9.97. The number of hydrogen-bond acceptors (Lipinski definition) is 3. The van der Waals surface area contributed by atoms with Crippen LogP contribution in [0, 0.1) is 15.9 Å². The summed E-state index contributed by atoms with van der Waals surface area (Å²) in [6.45, 7) is 0.489. The van der Waals surface area contributed by atoms with Gasteiger partial charge in [-0.2, -0.15) is 4.39 Å². The first-order chi connectivity index (χ1) is 10.1. The topological polar surface area (TPSA) is 72.2 Å². The summed E-state index contributed by atoms with van der Waals surface area (Å²) in [5.74, 6) is -1.41. The highest BCUT2D eigenvalue weighted by atomic mass is 19.1. The van der Waals surface area contributed by atoms with E-state index < -0.39 is 22.3 Å². The van der Waals surface area contributed by atoms with Gasteiger partial charge < -0.3 is 5.32 Å². The van der Waals surface area contributed by atoms with Crippen LogP contribution in [0.1, 0.15) is 42.5 Å². The van der Waals surface area contributed by atoms with Gasteiger partial charge in [-0.25, -0.2) is 0 Å². The van der Waals surface area contributed by atoms with Crippen LogP contribution in [0.5, 0.6) is 0 Å². The normalized spacial score (nSPS) is 14.4. The van der Waals surface area contributed by atoms with Gasteiger partial charge in [0.2, 0.25) is 5.82 Å². The van der Waals surface area contributed by atoms with E-state index in [4.69, 9.17) is 0 Å². The number of nitro benzene ring substituents is 1. The van der Waals surface area contributed by atoms with E-state index in [1.54, 1.807) is 0 Å². The number of nitro groups is 1. The highest BCUT2D eigenvalue weighted by Crippen LogP contribution is 2.20. The Bertz CT molecular complexity index is 584. The van der Waals surface area contributed by atoms with Gasteiger partial charge in [0.15, 0.2) is 0 Å². The Morgan fingerprint density at radius 1 is 1.38 bits per heavy atom. The molecule has 0 saturated heterocycles. The zero-order chi connectivity index (χ0) is 15.2. The van der Waals surface area contributed by atoms with Gasteiger partial charge in [-0.3, -0.25) is 14.9 Å². The number of carbonyl (C=O) groups excluding carboxylic acids is 1. The molecular formula is C15H17FN2O3. The number of nitrogens with zero attached hydrogens (tertiary/aromatic N) is 1. The molecule has 1 N–H and O–H groups in total. The van der Waals surface area contributed by atoms with Crippen LogP contribution in [-0.2, 0) is 0 Å². The molecule has 0 bridgehead atoms.